The summed E-state index contributed by atoms with van der Waals surface area (Å²) in [6, 6.07) is 15.0. The molecule has 0 saturated heterocycles. The van der Waals surface area contributed by atoms with Crippen LogP contribution in [0, 0.1) is 0 Å². The van der Waals surface area contributed by atoms with Crippen LogP contribution in [0.3, 0.4) is 0 Å². The number of nitrogens with one attached hydrogen (secondary N) is 1. The van der Waals surface area contributed by atoms with Crippen molar-refractivity contribution in [2.75, 3.05) is 20.2 Å². The maximum Gasteiger partial charge on any atom is 0.407 e. The highest BCUT2D eigenvalue weighted by Crippen LogP contribution is 2.44. The number of alkyl carbamates (subject to hydrolysis) is 1. The Morgan fingerprint density at radius 3 is 2.19 bits per heavy atom. The Morgan fingerprint density at radius 2 is 1.62 bits per heavy atom. The van der Waals surface area contributed by atoms with Crippen LogP contribution in [0.15, 0.2) is 48.5 Å². The van der Waals surface area contributed by atoms with E-state index in [0.717, 1.165) is 22.3 Å². The van der Waals surface area contributed by atoms with Crippen LogP contribution in [0.1, 0.15) is 49.7 Å². The Labute approximate surface area is 188 Å². The lowest BCUT2D eigenvalue weighted by Crippen LogP contribution is -2.41. The van der Waals surface area contributed by atoms with E-state index in [1.165, 1.54) is 0 Å². The fraction of sp³-hybridized carbons (Fsp3) is 0.400. The Hall–Kier alpha value is -3.35. The van der Waals surface area contributed by atoms with E-state index in [-0.39, 0.29) is 24.9 Å². The smallest absolute Gasteiger partial charge is 0.407 e. The lowest BCUT2D eigenvalue weighted by molar-refractivity contribution is -0.139. The Balaban J connectivity index is 1.52. The highest BCUT2D eigenvalue weighted by molar-refractivity contribution is 5.81. The van der Waals surface area contributed by atoms with E-state index in [9.17, 15) is 19.5 Å². The second kappa shape index (κ2) is 10.8. The van der Waals surface area contributed by atoms with E-state index in [4.69, 9.17) is 4.74 Å². The van der Waals surface area contributed by atoms with Gasteiger partial charge in [0, 0.05) is 25.9 Å². The maximum absolute atomic E-state index is 12.4. The molecule has 0 aliphatic heterocycles. The first-order valence-corrected chi connectivity index (χ1v) is 11.0. The van der Waals surface area contributed by atoms with Crippen molar-refractivity contribution >= 4 is 18.0 Å². The summed E-state index contributed by atoms with van der Waals surface area (Å²) in [5.41, 5.74) is 4.46. The number of fused-ring (bicyclic) bond motifs is 3. The molecule has 0 radical (unpaired) electrons. The maximum atomic E-state index is 12.4. The Morgan fingerprint density at radius 1 is 1.03 bits per heavy atom. The van der Waals surface area contributed by atoms with Crippen LogP contribution in [0.25, 0.3) is 11.1 Å². The van der Waals surface area contributed by atoms with Gasteiger partial charge in [0.1, 0.15) is 12.6 Å². The van der Waals surface area contributed by atoms with Crippen LogP contribution in [0.5, 0.6) is 0 Å². The third-order valence-electron chi connectivity index (χ3n) is 5.90. The van der Waals surface area contributed by atoms with Gasteiger partial charge in [0.2, 0.25) is 5.91 Å². The van der Waals surface area contributed by atoms with Gasteiger partial charge < -0.3 is 20.1 Å². The van der Waals surface area contributed by atoms with Gasteiger partial charge in [0.05, 0.1) is 0 Å². The van der Waals surface area contributed by atoms with Gasteiger partial charge >= 0.3 is 12.1 Å². The fourth-order valence-corrected chi connectivity index (χ4v) is 4.13. The monoisotopic (exact) mass is 438 g/mol. The molecule has 2 aromatic carbocycles. The number of carboxylic acids is 1. The van der Waals surface area contributed by atoms with Gasteiger partial charge in [-0.15, -0.1) is 0 Å². The summed E-state index contributed by atoms with van der Waals surface area (Å²) in [4.78, 5) is 37.1. The number of nitrogens with zero attached hydrogens (tertiary/aromatic N) is 1. The number of hydrogen-bond donors (Lipinski definition) is 2. The number of amides is 2. The molecule has 2 amide bonds. The summed E-state index contributed by atoms with van der Waals surface area (Å²) in [7, 11) is 1.73. The average molecular weight is 439 g/mol. The largest absolute Gasteiger partial charge is 0.480 e. The number of carbonyl (C=O) groups excluding carboxylic acids is 2. The van der Waals surface area contributed by atoms with Crippen molar-refractivity contribution in [2.45, 2.75) is 44.6 Å². The van der Waals surface area contributed by atoms with Crippen LogP contribution < -0.4 is 5.32 Å². The van der Waals surface area contributed by atoms with Gasteiger partial charge in [-0.25, -0.2) is 9.59 Å². The number of rotatable bonds is 10. The van der Waals surface area contributed by atoms with Crippen molar-refractivity contribution in [1.82, 2.24) is 10.2 Å². The molecule has 0 spiro atoms. The second-order valence-corrected chi connectivity index (χ2v) is 8.03. The zero-order valence-electron chi connectivity index (χ0n) is 18.5. The summed E-state index contributed by atoms with van der Waals surface area (Å²) in [5.74, 6) is -1.13. The zero-order valence-corrected chi connectivity index (χ0v) is 18.5. The van der Waals surface area contributed by atoms with Crippen LogP contribution in [-0.2, 0) is 14.3 Å². The van der Waals surface area contributed by atoms with E-state index >= 15 is 0 Å². The van der Waals surface area contributed by atoms with Gasteiger partial charge in [-0.05, 0) is 41.5 Å². The molecule has 7 heteroatoms. The minimum absolute atomic E-state index is 0.0524. The summed E-state index contributed by atoms with van der Waals surface area (Å²) in [6.07, 6.45) is 1.21. The molecule has 0 aromatic heterocycles. The quantitative estimate of drug-likeness (QED) is 0.546. The lowest BCUT2D eigenvalue weighted by atomic mass is 9.98. The van der Waals surface area contributed by atoms with Gasteiger partial charge in [0.15, 0.2) is 0 Å². The SMILES string of the molecule is CCC(=O)N(C)CCCC[C@H](NC(=O)OCC1c2ccccc2-c2ccccc21)C(=O)O. The number of ether oxygens (including phenoxy) is 1. The van der Waals surface area contributed by atoms with E-state index < -0.39 is 18.1 Å². The molecule has 3 rings (SSSR count). The van der Waals surface area contributed by atoms with E-state index in [1.807, 2.05) is 36.4 Å². The third-order valence-corrected chi connectivity index (χ3v) is 5.90. The van der Waals surface area contributed by atoms with E-state index in [1.54, 1.807) is 18.9 Å². The highest BCUT2D eigenvalue weighted by Gasteiger charge is 2.29. The minimum Gasteiger partial charge on any atom is -0.480 e. The van der Waals surface area contributed by atoms with Crippen molar-refractivity contribution in [3.05, 3.63) is 59.7 Å². The number of carboxylic acid groups (broad SMARTS) is 1. The van der Waals surface area contributed by atoms with Gasteiger partial charge in [-0.2, -0.15) is 0 Å². The first-order valence-electron chi connectivity index (χ1n) is 11.0. The highest BCUT2D eigenvalue weighted by atomic mass is 16.5. The number of benzene rings is 2. The lowest BCUT2D eigenvalue weighted by Gasteiger charge is -2.18. The molecule has 2 N–H and O–H groups in total. The number of hydrogen-bond acceptors (Lipinski definition) is 4. The van der Waals surface area contributed by atoms with Gasteiger partial charge in [-0.1, -0.05) is 55.5 Å². The van der Waals surface area contributed by atoms with Gasteiger partial charge in [0.25, 0.3) is 0 Å². The summed E-state index contributed by atoms with van der Waals surface area (Å²) >= 11 is 0. The number of unbranched alkanes of at least 4 members (excludes halogenated alkanes) is 1. The molecule has 0 unspecified atom stereocenters. The summed E-state index contributed by atoms with van der Waals surface area (Å²) in [5, 5.41) is 11.9. The van der Waals surface area contributed by atoms with Crippen molar-refractivity contribution in [1.29, 1.82) is 0 Å². The van der Waals surface area contributed by atoms with Crippen molar-refractivity contribution in [2.24, 2.45) is 0 Å². The average Bonchev–Trinajstić information content (AvgIpc) is 3.12. The van der Waals surface area contributed by atoms with Crippen LogP contribution in [-0.4, -0.2) is 54.2 Å². The van der Waals surface area contributed by atoms with Crippen molar-refractivity contribution in [3.8, 4) is 11.1 Å². The Kier molecular flexibility index (Phi) is 7.87. The molecule has 0 bridgehead atoms. The first-order chi connectivity index (χ1) is 15.4. The summed E-state index contributed by atoms with van der Waals surface area (Å²) in [6.45, 7) is 2.50. The topological polar surface area (TPSA) is 95.9 Å². The molecule has 2 aromatic rings. The van der Waals surface area contributed by atoms with E-state index in [2.05, 4.69) is 17.4 Å². The summed E-state index contributed by atoms with van der Waals surface area (Å²) < 4.78 is 5.44. The second-order valence-electron chi connectivity index (χ2n) is 8.03. The molecular formula is C25H30N2O5. The molecule has 1 aliphatic rings. The first kappa shape index (κ1) is 23.3. The molecule has 1 atom stereocenters. The predicted molar refractivity (Wildman–Crippen MR) is 121 cm³/mol. The molecule has 0 saturated carbocycles. The molecule has 0 heterocycles. The predicted octanol–water partition coefficient (Wildman–Crippen LogP) is 4.02. The fourth-order valence-electron chi connectivity index (χ4n) is 4.13. The third kappa shape index (κ3) is 5.46. The van der Waals surface area contributed by atoms with Crippen LogP contribution >= 0.6 is 0 Å². The van der Waals surface area contributed by atoms with Crippen molar-refractivity contribution in [3.63, 3.8) is 0 Å². The minimum atomic E-state index is -1.10. The van der Waals surface area contributed by atoms with E-state index in [0.29, 0.717) is 25.8 Å². The molecule has 170 valence electrons. The zero-order chi connectivity index (χ0) is 23.1. The van der Waals surface area contributed by atoms with Crippen LogP contribution in [0.4, 0.5) is 4.79 Å². The molecule has 1 aliphatic carbocycles. The molecule has 0 fully saturated rings. The van der Waals surface area contributed by atoms with Gasteiger partial charge in [-0.3, -0.25) is 4.79 Å². The van der Waals surface area contributed by atoms with Crippen LogP contribution in [0.2, 0.25) is 0 Å². The molecule has 7 nitrogen and oxygen atoms in total. The molecule has 32 heavy (non-hydrogen) atoms. The normalized spacial score (nSPS) is 13.1. The Bertz CT molecular complexity index is 929. The standard InChI is InChI=1S/C25H30N2O5/c1-3-23(28)27(2)15-9-8-14-22(24(29)30)26-25(31)32-16-21-19-12-6-4-10-17(19)18-11-5-7-13-20(18)21/h4-7,10-13,21-22H,3,8-9,14-16H2,1-2H3,(H,26,31)(H,29,30)/t22-/m0/s1. The number of carbonyl (C=O) groups is 3. The van der Waals surface area contributed by atoms with Crippen molar-refractivity contribution < 1.29 is 24.2 Å². The number of aliphatic carboxylic acids is 1. The molecular weight excluding hydrogens is 408 g/mol.